The van der Waals surface area contributed by atoms with Crippen molar-refractivity contribution < 1.29 is 0 Å². The van der Waals surface area contributed by atoms with Gasteiger partial charge < -0.3 is 10.2 Å². The number of nitrogens with one attached hydrogen (secondary N) is 1. The maximum atomic E-state index is 4.44. The summed E-state index contributed by atoms with van der Waals surface area (Å²) in [5.41, 5.74) is 2.80. The van der Waals surface area contributed by atoms with Crippen LogP contribution in [0.25, 0.3) is 0 Å². The van der Waals surface area contributed by atoms with Crippen LogP contribution in [-0.4, -0.2) is 49.0 Å². The summed E-state index contributed by atoms with van der Waals surface area (Å²) in [6.07, 6.45) is 1.18. The molecule has 134 valence electrons. The standard InChI is InChI=1S/C20H28N4S/c1-16(24-11-9-19-18(15-24)10-12-25-19)13-22-20(21-2)23(3)14-17-7-5-4-6-8-17/h4-8,10,12,16H,9,11,13-15H2,1-3H3,(H,21,22). The van der Waals surface area contributed by atoms with Gasteiger partial charge in [-0.25, -0.2) is 0 Å². The van der Waals surface area contributed by atoms with Crippen LogP contribution in [0.3, 0.4) is 0 Å². The first kappa shape index (κ1) is 18.0. The Kier molecular flexibility index (Phi) is 6.10. The van der Waals surface area contributed by atoms with Gasteiger partial charge in [0.25, 0.3) is 0 Å². The predicted octanol–water partition coefficient (Wildman–Crippen LogP) is 3.20. The third kappa shape index (κ3) is 4.61. The van der Waals surface area contributed by atoms with E-state index in [4.69, 9.17) is 0 Å². The fourth-order valence-corrected chi connectivity index (χ4v) is 4.22. The lowest BCUT2D eigenvalue weighted by Gasteiger charge is -2.33. The van der Waals surface area contributed by atoms with E-state index >= 15 is 0 Å². The highest BCUT2D eigenvalue weighted by molar-refractivity contribution is 7.10. The van der Waals surface area contributed by atoms with Gasteiger partial charge in [-0.3, -0.25) is 9.89 Å². The number of nitrogens with zero attached hydrogens (tertiary/aromatic N) is 3. The number of thiophene rings is 1. The summed E-state index contributed by atoms with van der Waals surface area (Å²) in [4.78, 5) is 10.7. The molecule has 0 radical (unpaired) electrons. The molecule has 2 aromatic rings. The quantitative estimate of drug-likeness (QED) is 0.659. The van der Waals surface area contributed by atoms with E-state index in [0.29, 0.717) is 6.04 Å². The van der Waals surface area contributed by atoms with E-state index in [1.54, 1.807) is 4.88 Å². The van der Waals surface area contributed by atoms with E-state index in [1.807, 2.05) is 18.4 Å². The predicted molar refractivity (Wildman–Crippen MR) is 107 cm³/mol. The Morgan fingerprint density at radius 2 is 2.12 bits per heavy atom. The van der Waals surface area contributed by atoms with Gasteiger partial charge in [0.1, 0.15) is 0 Å². The Bertz CT molecular complexity index is 695. The molecule has 1 aromatic carbocycles. The van der Waals surface area contributed by atoms with Crippen molar-refractivity contribution in [3.05, 3.63) is 57.8 Å². The van der Waals surface area contributed by atoms with E-state index in [1.165, 1.54) is 17.5 Å². The summed E-state index contributed by atoms with van der Waals surface area (Å²) >= 11 is 1.90. The van der Waals surface area contributed by atoms with Gasteiger partial charge in [-0.05, 0) is 35.9 Å². The minimum atomic E-state index is 0.481. The SMILES string of the molecule is CN=C(NCC(C)N1CCc2sccc2C1)N(C)Cc1ccccc1. The highest BCUT2D eigenvalue weighted by Crippen LogP contribution is 2.24. The first-order valence-corrected chi connectivity index (χ1v) is 9.80. The zero-order valence-electron chi connectivity index (χ0n) is 15.4. The molecule has 0 saturated heterocycles. The molecule has 2 heterocycles. The van der Waals surface area contributed by atoms with E-state index in [9.17, 15) is 0 Å². The molecule has 1 aromatic heterocycles. The molecule has 5 heteroatoms. The molecule has 1 N–H and O–H groups in total. The lowest BCUT2D eigenvalue weighted by molar-refractivity contribution is 0.192. The second-order valence-electron chi connectivity index (χ2n) is 6.71. The van der Waals surface area contributed by atoms with Gasteiger partial charge in [0.15, 0.2) is 5.96 Å². The number of hydrogen-bond acceptors (Lipinski definition) is 3. The maximum Gasteiger partial charge on any atom is 0.193 e. The molecule has 1 atom stereocenters. The summed E-state index contributed by atoms with van der Waals surface area (Å²) in [5.74, 6) is 0.948. The minimum Gasteiger partial charge on any atom is -0.355 e. The van der Waals surface area contributed by atoms with Crippen molar-refractivity contribution in [3.63, 3.8) is 0 Å². The molecule has 1 aliphatic heterocycles. The zero-order valence-corrected chi connectivity index (χ0v) is 16.2. The fourth-order valence-electron chi connectivity index (χ4n) is 3.33. The number of benzene rings is 1. The minimum absolute atomic E-state index is 0.481. The summed E-state index contributed by atoms with van der Waals surface area (Å²) in [7, 11) is 3.94. The van der Waals surface area contributed by atoms with Crippen LogP contribution >= 0.6 is 11.3 Å². The summed E-state index contributed by atoms with van der Waals surface area (Å²) in [6.45, 7) is 6.28. The Morgan fingerprint density at radius 1 is 1.32 bits per heavy atom. The van der Waals surface area contributed by atoms with Gasteiger partial charge >= 0.3 is 0 Å². The molecule has 0 bridgehead atoms. The van der Waals surface area contributed by atoms with Crippen LogP contribution in [0.15, 0.2) is 46.8 Å². The molecule has 0 spiro atoms. The second-order valence-corrected chi connectivity index (χ2v) is 7.71. The van der Waals surface area contributed by atoms with Crippen molar-refractivity contribution in [3.8, 4) is 0 Å². The largest absolute Gasteiger partial charge is 0.355 e. The Balaban J connectivity index is 1.51. The summed E-state index contributed by atoms with van der Waals surface area (Å²) in [5, 5.41) is 5.76. The molecular formula is C20H28N4S. The topological polar surface area (TPSA) is 30.9 Å². The van der Waals surface area contributed by atoms with Crippen LogP contribution in [0.5, 0.6) is 0 Å². The second kappa shape index (κ2) is 8.50. The first-order chi connectivity index (χ1) is 12.2. The van der Waals surface area contributed by atoms with E-state index in [-0.39, 0.29) is 0 Å². The Labute approximate surface area is 155 Å². The highest BCUT2D eigenvalue weighted by Gasteiger charge is 2.21. The van der Waals surface area contributed by atoms with Crippen LogP contribution in [0.2, 0.25) is 0 Å². The van der Waals surface area contributed by atoms with Gasteiger partial charge in [-0.1, -0.05) is 30.3 Å². The van der Waals surface area contributed by atoms with Gasteiger partial charge in [0.2, 0.25) is 0 Å². The molecule has 4 nitrogen and oxygen atoms in total. The number of hydrogen-bond donors (Lipinski definition) is 1. The summed E-state index contributed by atoms with van der Waals surface area (Å²) in [6, 6.07) is 13.3. The molecule has 3 rings (SSSR count). The molecule has 25 heavy (non-hydrogen) atoms. The monoisotopic (exact) mass is 356 g/mol. The molecule has 0 amide bonds. The third-order valence-electron chi connectivity index (χ3n) is 4.85. The van der Waals surface area contributed by atoms with Gasteiger partial charge in [0, 0.05) is 51.2 Å². The van der Waals surface area contributed by atoms with Crippen molar-refractivity contribution in [1.82, 2.24) is 15.1 Å². The lowest BCUT2D eigenvalue weighted by atomic mass is 10.1. The number of rotatable bonds is 5. The normalized spacial score (nSPS) is 16.4. The first-order valence-electron chi connectivity index (χ1n) is 8.92. The molecular weight excluding hydrogens is 328 g/mol. The van der Waals surface area contributed by atoms with Crippen LogP contribution in [0.4, 0.5) is 0 Å². The van der Waals surface area contributed by atoms with Crippen LogP contribution in [0.1, 0.15) is 22.9 Å². The number of guanidine groups is 1. The smallest absolute Gasteiger partial charge is 0.193 e. The third-order valence-corrected chi connectivity index (χ3v) is 5.88. The van der Waals surface area contributed by atoms with Gasteiger partial charge in [-0.15, -0.1) is 11.3 Å². The fraction of sp³-hybridized carbons (Fsp3) is 0.450. The average Bonchev–Trinajstić information content (AvgIpc) is 3.10. The van der Waals surface area contributed by atoms with Crippen molar-refractivity contribution in [1.29, 1.82) is 0 Å². The van der Waals surface area contributed by atoms with Gasteiger partial charge in [0.05, 0.1) is 0 Å². The summed E-state index contributed by atoms with van der Waals surface area (Å²) < 4.78 is 0. The average molecular weight is 357 g/mol. The Hall–Kier alpha value is -1.85. The maximum absolute atomic E-state index is 4.44. The highest BCUT2D eigenvalue weighted by atomic mass is 32.1. The van der Waals surface area contributed by atoms with Crippen molar-refractivity contribution >= 4 is 17.3 Å². The number of fused-ring (bicyclic) bond motifs is 1. The van der Waals surface area contributed by atoms with Crippen molar-refractivity contribution in [2.45, 2.75) is 32.5 Å². The van der Waals surface area contributed by atoms with E-state index in [0.717, 1.165) is 32.1 Å². The van der Waals surface area contributed by atoms with Crippen molar-refractivity contribution in [2.24, 2.45) is 4.99 Å². The van der Waals surface area contributed by atoms with Gasteiger partial charge in [-0.2, -0.15) is 0 Å². The molecule has 0 saturated carbocycles. The molecule has 0 fully saturated rings. The lowest BCUT2D eigenvalue weighted by Crippen LogP contribution is -2.47. The molecule has 1 unspecified atom stereocenters. The van der Waals surface area contributed by atoms with Crippen LogP contribution < -0.4 is 5.32 Å². The van der Waals surface area contributed by atoms with E-state index in [2.05, 4.69) is 75.9 Å². The van der Waals surface area contributed by atoms with Crippen LogP contribution in [-0.2, 0) is 19.5 Å². The number of aliphatic imine (C=N–C) groups is 1. The van der Waals surface area contributed by atoms with Crippen LogP contribution in [0, 0.1) is 0 Å². The molecule has 0 aliphatic carbocycles. The van der Waals surface area contributed by atoms with E-state index < -0.39 is 0 Å². The van der Waals surface area contributed by atoms with Crippen molar-refractivity contribution in [2.75, 3.05) is 27.2 Å². The zero-order chi connectivity index (χ0) is 17.6. The molecule has 1 aliphatic rings. The Morgan fingerprint density at radius 3 is 2.88 bits per heavy atom.